The van der Waals surface area contributed by atoms with Crippen molar-refractivity contribution in [1.29, 1.82) is 0 Å². The van der Waals surface area contributed by atoms with Gasteiger partial charge in [-0.25, -0.2) is 4.39 Å². The third-order valence-electron chi connectivity index (χ3n) is 1.60. The molecule has 0 heterocycles. The molecule has 0 saturated carbocycles. The highest BCUT2D eigenvalue weighted by molar-refractivity contribution is 5.60. The highest BCUT2D eigenvalue weighted by atomic mass is 19.1. The Morgan fingerprint density at radius 2 is 2.08 bits per heavy atom. The minimum atomic E-state index is 0.353. The topological polar surface area (TPSA) is 38.0 Å². The Kier molecular flexibility index (Phi) is 3.99. The van der Waals surface area contributed by atoms with Crippen molar-refractivity contribution in [2.45, 2.75) is 0 Å². The zero-order valence-corrected chi connectivity index (χ0v) is 7.26. The van der Waals surface area contributed by atoms with E-state index in [-0.39, 0.29) is 0 Å². The van der Waals surface area contributed by atoms with Crippen molar-refractivity contribution in [1.82, 2.24) is 5.32 Å². The average Bonchev–Trinajstić information content (AvgIpc) is 2.21. The molecule has 3 heteroatoms. The van der Waals surface area contributed by atoms with Crippen LogP contribution in [0.25, 0.3) is 5.70 Å². The number of nitrogens with two attached hydrogens (primary N) is 1. The summed E-state index contributed by atoms with van der Waals surface area (Å²) in [6, 6.07) is 9.19. The Hall–Kier alpha value is -1.35. The molecule has 0 unspecified atom stereocenters. The van der Waals surface area contributed by atoms with Crippen LogP contribution in [-0.4, -0.2) is 13.1 Å². The normalized spacial score (nSPS) is 11.4. The third-order valence-corrected chi connectivity index (χ3v) is 1.60. The first kappa shape index (κ1) is 9.74. The second-order valence-electron chi connectivity index (χ2n) is 2.55. The molecular weight excluding hydrogens is 167 g/mol. The van der Waals surface area contributed by atoms with Gasteiger partial charge < -0.3 is 11.1 Å². The smallest absolute Gasteiger partial charge is 0.184 e. The first-order chi connectivity index (χ1) is 6.38. The molecule has 0 aromatic heterocycles. The van der Waals surface area contributed by atoms with Gasteiger partial charge in [0, 0.05) is 18.7 Å². The molecule has 2 nitrogen and oxygen atoms in total. The number of hydrogen-bond donors (Lipinski definition) is 2. The van der Waals surface area contributed by atoms with Crippen molar-refractivity contribution >= 4 is 5.70 Å². The molecule has 0 atom stereocenters. The van der Waals surface area contributed by atoms with Crippen molar-refractivity contribution < 1.29 is 4.39 Å². The molecule has 0 aliphatic carbocycles. The van der Waals surface area contributed by atoms with Gasteiger partial charge in [0.25, 0.3) is 0 Å². The van der Waals surface area contributed by atoms with Crippen LogP contribution in [0.1, 0.15) is 5.56 Å². The van der Waals surface area contributed by atoms with Crippen molar-refractivity contribution in [3.05, 3.63) is 42.2 Å². The van der Waals surface area contributed by atoms with Crippen LogP contribution in [0.15, 0.2) is 30.3 Å². The first-order valence-electron chi connectivity index (χ1n) is 4.11. The number of rotatable bonds is 4. The van der Waals surface area contributed by atoms with E-state index in [9.17, 15) is 4.39 Å². The van der Waals surface area contributed by atoms with Gasteiger partial charge in [-0.05, 0) is 0 Å². The fourth-order valence-electron chi connectivity index (χ4n) is 0.992. The quantitative estimate of drug-likeness (QED) is 0.731. The lowest BCUT2D eigenvalue weighted by Gasteiger charge is -2.07. The van der Waals surface area contributed by atoms with Crippen LogP contribution in [0.5, 0.6) is 0 Å². The summed E-state index contributed by atoms with van der Waals surface area (Å²) >= 11 is 0. The van der Waals surface area contributed by atoms with Crippen LogP contribution < -0.4 is 11.1 Å². The Morgan fingerprint density at radius 3 is 2.62 bits per heavy atom. The van der Waals surface area contributed by atoms with Gasteiger partial charge in [0.05, 0.1) is 5.70 Å². The molecule has 0 fully saturated rings. The second kappa shape index (κ2) is 5.32. The van der Waals surface area contributed by atoms with Crippen molar-refractivity contribution in [2.24, 2.45) is 5.73 Å². The fourth-order valence-corrected chi connectivity index (χ4v) is 0.992. The summed E-state index contributed by atoms with van der Waals surface area (Å²) in [7, 11) is 0. The second-order valence-corrected chi connectivity index (χ2v) is 2.55. The highest BCUT2D eigenvalue weighted by Crippen LogP contribution is 2.09. The number of nitrogens with one attached hydrogen (secondary N) is 1. The molecule has 1 aromatic rings. The summed E-state index contributed by atoms with van der Waals surface area (Å²) in [4.78, 5) is 0. The Morgan fingerprint density at radius 1 is 1.38 bits per heavy atom. The molecule has 0 amide bonds. The SMILES string of the molecule is NCCN/C(=[C]/F)c1ccccc1. The third kappa shape index (κ3) is 2.87. The predicted molar refractivity (Wildman–Crippen MR) is 51.3 cm³/mol. The summed E-state index contributed by atoms with van der Waals surface area (Å²) in [5.41, 5.74) is 6.41. The lowest BCUT2D eigenvalue weighted by Crippen LogP contribution is -2.21. The van der Waals surface area contributed by atoms with Gasteiger partial charge in [-0.2, -0.15) is 0 Å². The lowest BCUT2D eigenvalue weighted by atomic mass is 10.2. The molecule has 0 saturated heterocycles. The number of halogens is 1. The maximum absolute atomic E-state index is 12.3. The summed E-state index contributed by atoms with van der Waals surface area (Å²) in [5.74, 6) is 0. The number of benzene rings is 1. The van der Waals surface area contributed by atoms with Gasteiger partial charge in [0.1, 0.15) is 0 Å². The van der Waals surface area contributed by atoms with E-state index in [1.54, 1.807) is 6.33 Å². The molecule has 1 rings (SSSR count). The molecule has 0 aliphatic rings. The van der Waals surface area contributed by atoms with Gasteiger partial charge in [-0.15, -0.1) is 0 Å². The van der Waals surface area contributed by atoms with E-state index in [1.165, 1.54) is 0 Å². The van der Waals surface area contributed by atoms with Crippen LogP contribution >= 0.6 is 0 Å². The minimum Gasteiger partial charge on any atom is -0.381 e. The van der Waals surface area contributed by atoms with E-state index in [4.69, 9.17) is 5.73 Å². The number of hydrogen-bond acceptors (Lipinski definition) is 2. The summed E-state index contributed by atoms with van der Waals surface area (Å²) in [6.45, 7) is 1.01. The molecule has 0 bridgehead atoms. The first-order valence-corrected chi connectivity index (χ1v) is 4.11. The standard InChI is InChI=1S/C10H12FN2/c11-8-10(13-7-6-12)9-4-2-1-3-5-9/h1-5,13H,6-7,12H2. The summed E-state index contributed by atoms with van der Waals surface area (Å²) in [6.07, 6.45) is 1.60. The highest BCUT2D eigenvalue weighted by Gasteiger charge is 1.99. The lowest BCUT2D eigenvalue weighted by molar-refractivity contribution is 0.675. The molecule has 3 N–H and O–H groups in total. The maximum Gasteiger partial charge on any atom is 0.184 e. The van der Waals surface area contributed by atoms with Gasteiger partial charge >= 0.3 is 0 Å². The Balaban J connectivity index is 2.69. The van der Waals surface area contributed by atoms with E-state index in [0.29, 0.717) is 18.8 Å². The van der Waals surface area contributed by atoms with Gasteiger partial charge in [-0.3, -0.25) is 0 Å². The molecule has 0 spiro atoms. The van der Waals surface area contributed by atoms with E-state index in [1.807, 2.05) is 30.3 Å². The van der Waals surface area contributed by atoms with Crippen LogP contribution in [0, 0.1) is 6.33 Å². The van der Waals surface area contributed by atoms with Gasteiger partial charge in [0.15, 0.2) is 6.33 Å². The van der Waals surface area contributed by atoms with Gasteiger partial charge in [-0.1, -0.05) is 30.3 Å². The summed E-state index contributed by atoms with van der Waals surface area (Å²) < 4.78 is 12.3. The zero-order chi connectivity index (χ0) is 9.52. The molecule has 13 heavy (non-hydrogen) atoms. The van der Waals surface area contributed by atoms with Crippen molar-refractivity contribution in [2.75, 3.05) is 13.1 Å². The molecule has 1 aromatic carbocycles. The average molecular weight is 179 g/mol. The largest absolute Gasteiger partial charge is 0.381 e. The summed E-state index contributed by atoms with van der Waals surface area (Å²) in [5, 5.41) is 2.84. The Labute approximate surface area is 77.3 Å². The van der Waals surface area contributed by atoms with Crippen molar-refractivity contribution in [3.8, 4) is 0 Å². The molecule has 0 aliphatic heterocycles. The van der Waals surface area contributed by atoms with Gasteiger partial charge in [0.2, 0.25) is 0 Å². The van der Waals surface area contributed by atoms with E-state index in [0.717, 1.165) is 5.56 Å². The predicted octanol–water partition coefficient (Wildman–Crippen LogP) is 1.31. The molecule has 69 valence electrons. The van der Waals surface area contributed by atoms with Crippen molar-refractivity contribution in [3.63, 3.8) is 0 Å². The van der Waals surface area contributed by atoms with E-state index < -0.39 is 0 Å². The van der Waals surface area contributed by atoms with E-state index >= 15 is 0 Å². The van der Waals surface area contributed by atoms with Crippen LogP contribution in [0.4, 0.5) is 4.39 Å². The van der Waals surface area contributed by atoms with Crippen LogP contribution in [-0.2, 0) is 0 Å². The Bertz CT molecular complexity index is 270. The maximum atomic E-state index is 12.3. The fraction of sp³-hybridized carbons (Fsp3) is 0.200. The minimum absolute atomic E-state index is 0.353. The zero-order valence-electron chi connectivity index (χ0n) is 7.26. The molecular formula is C10H12FN2. The monoisotopic (exact) mass is 179 g/mol. The molecule has 1 radical (unpaired) electrons. The van der Waals surface area contributed by atoms with E-state index in [2.05, 4.69) is 5.32 Å². The van der Waals surface area contributed by atoms with Crippen LogP contribution in [0.2, 0.25) is 0 Å². The van der Waals surface area contributed by atoms with Crippen LogP contribution in [0.3, 0.4) is 0 Å².